The van der Waals surface area contributed by atoms with Crippen molar-refractivity contribution in [2.45, 2.75) is 17.7 Å². The zero-order chi connectivity index (χ0) is 22.7. The molecule has 172 valence electrons. The molecule has 2 saturated heterocycles. The summed E-state index contributed by atoms with van der Waals surface area (Å²) in [5.74, 6) is -0.428. The number of nitrogens with zero attached hydrogens (tertiary/aromatic N) is 3. The van der Waals surface area contributed by atoms with Gasteiger partial charge in [0.25, 0.3) is 5.91 Å². The van der Waals surface area contributed by atoms with Gasteiger partial charge in [-0.15, -0.1) is 0 Å². The molecule has 1 amide bonds. The fourth-order valence-electron chi connectivity index (χ4n) is 4.01. The number of rotatable bonds is 6. The molecule has 2 heterocycles. The highest BCUT2D eigenvalue weighted by Gasteiger charge is 2.31. The molecule has 0 aliphatic carbocycles. The Labute approximate surface area is 192 Å². The van der Waals surface area contributed by atoms with Gasteiger partial charge in [-0.25, -0.2) is 12.8 Å². The van der Waals surface area contributed by atoms with Gasteiger partial charge < -0.3 is 14.5 Å². The highest BCUT2D eigenvalue weighted by Crippen LogP contribution is 2.31. The van der Waals surface area contributed by atoms with E-state index in [2.05, 4.69) is 0 Å². The van der Waals surface area contributed by atoms with E-state index in [1.165, 1.54) is 28.6 Å². The normalized spacial score (nSPS) is 17.6. The average molecular weight is 482 g/mol. The summed E-state index contributed by atoms with van der Waals surface area (Å²) in [6, 6.07) is 10.9. The number of para-hydroxylation sites is 1. The number of amides is 1. The topological polar surface area (TPSA) is 70.2 Å². The third-order valence-electron chi connectivity index (χ3n) is 5.77. The summed E-state index contributed by atoms with van der Waals surface area (Å²) < 4.78 is 47.1. The van der Waals surface area contributed by atoms with E-state index >= 15 is 0 Å². The molecule has 0 unspecified atom stereocenters. The maximum absolute atomic E-state index is 14.0. The highest BCUT2D eigenvalue weighted by molar-refractivity contribution is 7.89. The molecule has 32 heavy (non-hydrogen) atoms. The second-order valence-corrected chi connectivity index (χ2v) is 10.2. The molecule has 4 rings (SSSR count). The van der Waals surface area contributed by atoms with Crippen LogP contribution in [0.1, 0.15) is 12.8 Å². The predicted molar refractivity (Wildman–Crippen MR) is 120 cm³/mol. The fraction of sp³-hybridized carbons (Fsp3) is 0.409. The Hall–Kier alpha value is -2.36. The van der Waals surface area contributed by atoms with Crippen LogP contribution in [0.2, 0.25) is 5.02 Å². The van der Waals surface area contributed by atoms with Crippen LogP contribution in [0, 0.1) is 5.82 Å². The summed E-state index contributed by atoms with van der Waals surface area (Å²) in [6.45, 7) is 2.49. The first-order chi connectivity index (χ1) is 15.4. The Bertz CT molecular complexity index is 1080. The van der Waals surface area contributed by atoms with Crippen molar-refractivity contribution in [3.63, 3.8) is 0 Å². The third kappa shape index (κ3) is 4.84. The molecule has 7 nitrogen and oxygen atoms in total. The van der Waals surface area contributed by atoms with Gasteiger partial charge in [-0.05, 0) is 43.2 Å². The summed E-state index contributed by atoms with van der Waals surface area (Å²) in [4.78, 5) is 16.2. The van der Waals surface area contributed by atoms with Crippen molar-refractivity contribution in [1.82, 2.24) is 9.21 Å². The Morgan fingerprint density at radius 2 is 1.69 bits per heavy atom. The van der Waals surface area contributed by atoms with Crippen LogP contribution in [0.4, 0.5) is 10.1 Å². The monoisotopic (exact) mass is 481 g/mol. The molecule has 2 aliphatic rings. The van der Waals surface area contributed by atoms with Crippen LogP contribution in [-0.4, -0.2) is 69.4 Å². The SMILES string of the molecule is O=C(COc1ccc(Cl)cc1S(=O)(=O)N1CCCC1)N1CCN(c2ccccc2F)CC1. The van der Waals surface area contributed by atoms with Crippen molar-refractivity contribution < 1.29 is 22.3 Å². The highest BCUT2D eigenvalue weighted by atomic mass is 35.5. The van der Waals surface area contributed by atoms with Crippen LogP contribution in [0.15, 0.2) is 47.4 Å². The molecular formula is C22H25ClFN3O4S. The number of ether oxygens (including phenoxy) is 1. The lowest BCUT2D eigenvalue weighted by Crippen LogP contribution is -2.50. The molecule has 10 heteroatoms. The first-order valence-electron chi connectivity index (χ1n) is 10.6. The summed E-state index contributed by atoms with van der Waals surface area (Å²) in [5.41, 5.74) is 0.522. The second-order valence-electron chi connectivity index (χ2n) is 7.81. The van der Waals surface area contributed by atoms with Crippen LogP contribution in [0.25, 0.3) is 0 Å². The lowest BCUT2D eigenvalue weighted by Gasteiger charge is -2.36. The van der Waals surface area contributed by atoms with Gasteiger partial charge in [0.05, 0.1) is 5.69 Å². The number of carbonyl (C=O) groups is 1. The Morgan fingerprint density at radius 1 is 1.00 bits per heavy atom. The van der Waals surface area contributed by atoms with Gasteiger partial charge in [0.2, 0.25) is 10.0 Å². The van der Waals surface area contributed by atoms with Crippen molar-refractivity contribution in [1.29, 1.82) is 0 Å². The van der Waals surface area contributed by atoms with Crippen LogP contribution in [0.5, 0.6) is 5.75 Å². The minimum atomic E-state index is -3.75. The number of halogens is 2. The Morgan fingerprint density at radius 3 is 2.38 bits per heavy atom. The minimum absolute atomic E-state index is 0.0240. The summed E-state index contributed by atoms with van der Waals surface area (Å²) in [6.07, 6.45) is 1.63. The van der Waals surface area contributed by atoms with E-state index in [1.807, 2.05) is 4.90 Å². The zero-order valence-corrected chi connectivity index (χ0v) is 19.1. The largest absolute Gasteiger partial charge is 0.482 e. The van der Waals surface area contributed by atoms with Crippen LogP contribution >= 0.6 is 11.6 Å². The van der Waals surface area contributed by atoms with Gasteiger partial charge in [-0.3, -0.25) is 4.79 Å². The van der Waals surface area contributed by atoms with E-state index in [9.17, 15) is 17.6 Å². The van der Waals surface area contributed by atoms with E-state index in [0.29, 0.717) is 45.0 Å². The molecule has 2 aromatic rings. The smallest absolute Gasteiger partial charge is 0.260 e. The van der Waals surface area contributed by atoms with Crippen LogP contribution < -0.4 is 9.64 Å². The van der Waals surface area contributed by atoms with Crippen molar-refractivity contribution in [2.24, 2.45) is 0 Å². The standard InChI is InChI=1S/C22H25ClFN3O4S/c23-17-7-8-20(21(15-17)32(29,30)27-9-3-4-10-27)31-16-22(28)26-13-11-25(12-14-26)19-6-2-1-5-18(19)24/h1-2,5-8,15H,3-4,9-14,16H2. The molecule has 2 aliphatic heterocycles. The van der Waals surface area contributed by atoms with E-state index < -0.39 is 10.0 Å². The molecule has 0 saturated carbocycles. The number of anilines is 1. The van der Waals surface area contributed by atoms with Crippen molar-refractivity contribution >= 4 is 33.2 Å². The number of hydrogen-bond acceptors (Lipinski definition) is 5. The van der Waals surface area contributed by atoms with E-state index in [-0.39, 0.29) is 34.0 Å². The average Bonchev–Trinajstić information content (AvgIpc) is 3.34. The van der Waals surface area contributed by atoms with Crippen molar-refractivity contribution in [3.05, 3.63) is 53.3 Å². The first kappa shape index (κ1) is 22.8. The number of benzene rings is 2. The number of carbonyl (C=O) groups excluding carboxylic acids is 1. The molecule has 0 N–H and O–H groups in total. The van der Waals surface area contributed by atoms with Crippen molar-refractivity contribution in [3.8, 4) is 5.75 Å². The summed E-state index contributed by atoms with van der Waals surface area (Å²) >= 11 is 6.04. The van der Waals surface area contributed by atoms with Gasteiger partial charge in [0.15, 0.2) is 6.61 Å². The second kappa shape index (κ2) is 9.64. The molecule has 0 spiro atoms. The van der Waals surface area contributed by atoms with Crippen LogP contribution in [0.3, 0.4) is 0 Å². The maximum atomic E-state index is 14.0. The predicted octanol–water partition coefficient (Wildman–Crippen LogP) is 2.99. The molecule has 2 fully saturated rings. The van der Waals surface area contributed by atoms with E-state index in [4.69, 9.17) is 16.3 Å². The fourth-order valence-corrected chi connectivity index (χ4v) is 5.92. The summed E-state index contributed by atoms with van der Waals surface area (Å²) in [7, 11) is -3.75. The number of piperazine rings is 1. The lowest BCUT2D eigenvalue weighted by molar-refractivity contribution is -0.133. The van der Waals surface area contributed by atoms with Gasteiger partial charge in [0, 0.05) is 44.3 Å². The van der Waals surface area contributed by atoms with E-state index in [0.717, 1.165) is 12.8 Å². The maximum Gasteiger partial charge on any atom is 0.260 e. The quantitative estimate of drug-likeness (QED) is 0.634. The van der Waals surface area contributed by atoms with E-state index in [1.54, 1.807) is 23.1 Å². The van der Waals surface area contributed by atoms with Gasteiger partial charge in [-0.1, -0.05) is 23.7 Å². The minimum Gasteiger partial charge on any atom is -0.482 e. The molecule has 0 aromatic heterocycles. The Balaban J connectivity index is 1.39. The summed E-state index contributed by atoms with van der Waals surface area (Å²) in [5, 5.41) is 0.283. The number of hydrogen-bond donors (Lipinski definition) is 0. The van der Waals surface area contributed by atoms with Crippen molar-refractivity contribution in [2.75, 3.05) is 50.8 Å². The van der Waals surface area contributed by atoms with Crippen LogP contribution in [-0.2, 0) is 14.8 Å². The van der Waals surface area contributed by atoms with Gasteiger partial charge >= 0.3 is 0 Å². The van der Waals surface area contributed by atoms with Gasteiger partial charge in [0.1, 0.15) is 16.5 Å². The third-order valence-corrected chi connectivity index (χ3v) is 7.92. The molecule has 2 aromatic carbocycles. The molecule has 0 radical (unpaired) electrons. The van der Waals surface area contributed by atoms with Gasteiger partial charge in [-0.2, -0.15) is 4.31 Å². The number of sulfonamides is 1. The Kier molecular flexibility index (Phi) is 6.88. The molecular weight excluding hydrogens is 457 g/mol. The molecule has 0 atom stereocenters. The lowest BCUT2D eigenvalue weighted by atomic mass is 10.2. The zero-order valence-electron chi connectivity index (χ0n) is 17.5. The molecule has 0 bridgehead atoms. The first-order valence-corrected chi connectivity index (χ1v) is 12.4.